The maximum absolute atomic E-state index is 4.70. The molecule has 118 valence electrons. The molecular weight excluding hydrogens is 262 g/mol. The molecule has 0 aromatic carbocycles. The predicted octanol–water partition coefficient (Wildman–Crippen LogP) is 1.82. The molecule has 2 heterocycles. The number of hydrogen-bond acceptors (Lipinski definition) is 5. The van der Waals surface area contributed by atoms with Crippen LogP contribution in [0.4, 0.5) is 5.95 Å². The summed E-state index contributed by atoms with van der Waals surface area (Å²) in [6.45, 7) is 13.9. The van der Waals surface area contributed by atoms with Gasteiger partial charge in [-0.25, -0.2) is 9.97 Å². The topological polar surface area (TPSA) is 44.3 Å². The van der Waals surface area contributed by atoms with Gasteiger partial charge in [-0.1, -0.05) is 13.8 Å². The molecule has 0 aliphatic carbocycles. The molecule has 0 saturated carbocycles. The number of piperazine rings is 1. The molecule has 1 aromatic rings. The van der Waals surface area contributed by atoms with E-state index in [2.05, 4.69) is 40.9 Å². The van der Waals surface area contributed by atoms with Crippen LogP contribution in [0.5, 0.6) is 0 Å². The van der Waals surface area contributed by atoms with E-state index in [1.807, 2.05) is 6.20 Å². The number of nitrogens with one attached hydrogen (secondary N) is 1. The average Bonchev–Trinajstić information content (AvgIpc) is 2.50. The fourth-order valence-corrected chi connectivity index (χ4v) is 2.69. The van der Waals surface area contributed by atoms with Gasteiger partial charge in [0.2, 0.25) is 5.95 Å². The molecule has 1 aromatic heterocycles. The van der Waals surface area contributed by atoms with E-state index in [1.54, 1.807) is 0 Å². The van der Waals surface area contributed by atoms with E-state index in [1.165, 1.54) is 18.5 Å². The van der Waals surface area contributed by atoms with E-state index in [9.17, 15) is 0 Å². The van der Waals surface area contributed by atoms with E-state index in [0.29, 0.717) is 0 Å². The maximum Gasteiger partial charge on any atom is 0.225 e. The van der Waals surface area contributed by atoms with Crippen LogP contribution in [0, 0.1) is 6.92 Å². The van der Waals surface area contributed by atoms with Crippen LogP contribution in [0.2, 0.25) is 0 Å². The summed E-state index contributed by atoms with van der Waals surface area (Å²) in [5.74, 6) is 0.892. The van der Waals surface area contributed by atoms with Gasteiger partial charge in [0, 0.05) is 50.2 Å². The van der Waals surface area contributed by atoms with Gasteiger partial charge < -0.3 is 10.2 Å². The Bertz CT molecular complexity index is 427. The Morgan fingerprint density at radius 1 is 1.14 bits per heavy atom. The molecule has 0 bridgehead atoms. The van der Waals surface area contributed by atoms with Crippen molar-refractivity contribution in [3.05, 3.63) is 17.5 Å². The minimum absolute atomic E-state index is 0.865. The van der Waals surface area contributed by atoms with Crippen LogP contribution < -0.4 is 10.2 Å². The van der Waals surface area contributed by atoms with Crippen molar-refractivity contribution < 1.29 is 0 Å². The van der Waals surface area contributed by atoms with Crippen LogP contribution in [0.1, 0.15) is 37.9 Å². The van der Waals surface area contributed by atoms with E-state index in [-0.39, 0.29) is 0 Å². The Morgan fingerprint density at radius 2 is 1.90 bits per heavy atom. The number of nitrogens with zero attached hydrogens (tertiary/aromatic N) is 4. The van der Waals surface area contributed by atoms with E-state index in [0.717, 1.165) is 57.3 Å². The zero-order valence-electron chi connectivity index (χ0n) is 13.7. The highest BCUT2D eigenvalue weighted by Crippen LogP contribution is 2.13. The van der Waals surface area contributed by atoms with Gasteiger partial charge in [0.1, 0.15) is 0 Å². The van der Waals surface area contributed by atoms with Crippen molar-refractivity contribution >= 4 is 5.95 Å². The normalized spacial score (nSPS) is 16.4. The molecule has 5 heteroatoms. The molecule has 1 fully saturated rings. The largest absolute Gasteiger partial charge is 0.338 e. The van der Waals surface area contributed by atoms with Gasteiger partial charge in [-0.05, 0) is 32.9 Å². The van der Waals surface area contributed by atoms with Crippen LogP contribution in [-0.4, -0.2) is 54.1 Å². The van der Waals surface area contributed by atoms with Gasteiger partial charge >= 0.3 is 0 Å². The van der Waals surface area contributed by atoms with Gasteiger partial charge in [-0.15, -0.1) is 0 Å². The highest BCUT2D eigenvalue weighted by atomic mass is 15.3. The number of anilines is 1. The van der Waals surface area contributed by atoms with Crippen LogP contribution in [0.3, 0.4) is 0 Å². The predicted molar refractivity (Wildman–Crippen MR) is 87.7 cm³/mol. The molecule has 21 heavy (non-hydrogen) atoms. The van der Waals surface area contributed by atoms with Crippen LogP contribution >= 0.6 is 0 Å². The number of aryl methyl sites for hydroxylation is 1. The molecule has 0 unspecified atom stereocenters. The maximum atomic E-state index is 4.70. The monoisotopic (exact) mass is 291 g/mol. The third kappa shape index (κ3) is 4.64. The molecule has 0 spiro atoms. The van der Waals surface area contributed by atoms with Crippen molar-refractivity contribution in [3.63, 3.8) is 0 Å². The van der Waals surface area contributed by atoms with Crippen molar-refractivity contribution in [1.29, 1.82) is 0 Å². The highest BCUT2D eigenvalue weighted by Gasteiger charge is 2.18. The number of aromatic nitrogens is 2. The molecule has 5 nitrogen and oxygen atoms in total. The fourth-order valence-electron chi connectivity index (χ4n) is 2.69. The second kappa shape index (κ2) is 8.29. The zero-order chi connectivity index (χ0) is 15.1. The van der Waals surface area contributed by atoms with Crippen molar-refractivity contribution in [3.8, 4) is 0 Å². The zero-order valence-corrected chi connectivity index (χ0v) is 13.7. The van der Waals surface area contributed by atoms with Crippen molar-refractivity contribution in [2.75, 3.05) is 44.2 Å². The lowest BCUT2D eigenvalue weighted by Gasteiger charge is -2.34. The summed E-state index contributed by atoms with van der Waals surface area (Å²) in [5, 5.41) is 3.41. The third-order valence-corrected chi connectivity index (χ3v) is 4.01. The second-order valence-corrected chi connectivity index (χ2v) is 5.79. The molecule has 0 amide bonds. The summed E-state index contributed by atoms with van der Waals surface area (Å²) in [7, 11) is 0. The summed E-state index contributed by atoms with van der Waals surface area (Å²) >= 11 is 0. The summed E-state index contributed by atoms with van der Waals surface area (Å²) in [5.41, 5.74) is 2.30. The van der Waals surface area contributed by atoms with Crippen molar-refractivity contribution in [1.82, 2.24) is 20.2 Å². The van der Waals surface area contributed by atoms with Gasteiger partial charge in [0.15, 0.2) is 0 Å². The first-order valence-corrected chi connectivity index (χ1v) is 8.25. The van der Waals surface area contributed by atoms with Gasteiger partial charge in [-0.3, -0.25) is 4.90 Å². The van der Waals surface area contributed by atoms with Gasteiger partial charge in [0.25, 0.3) is 0 Å². The second-order valence-electron chi connectivity index (χ2n) is 5.79. The molecule has 1 aliphatic heterocycles. The lowest BCUT2D eigenvalue weighted by Crippen LogP contribution is -2.47. The Morgan fingerprint density at radius 3 is 2.52 bits per heavy atom. The minimum atomic E-state index is 0.865. The Labute approximate surface area is 128 Å². The molecular formula is C16H29N5. The van der Waals surface area contributed by atoms with E-state index >= 15 is 0 Å². The van der Waals surface area contributed by atoms with E-state index in [4.69, 9.17) is 4.98 Å². The summed E-state index contributed by atoms with van der Waals surface area (Å²) < 4.78 is 0. The molecule has 0 radical (unpaired) electrons. The van der Waals surface area contributed by atoms with E-state index < -0.39 is 0 Å². The summed E-state index contributed by atoms with van der Waals surface area (Å²) in [6.07, 6.45) is 4.37. The molecule has 1 saturated heterocycles. The smallest absolute Gasteiger partial charge is 0.225 e. The standard InChI is InChI=1S/C16H29N5/c1-4-6-17-12-15-13-18-16(19-14(15)3)21-10-8-20(7-5-2)9-11-21/h13,17H,4-12H2,1-3H3. The first-order valence-electron chi connectivity index (χ1n) is 8.25. The number of rotatable bonds is 7. The first kappa shape index (κ1) is 16.2. The molecule has 0 atom stereocenters. The van der Waals surface area contributed by atoms with Crippen molar-refractivity contribution in [2.45, 2.75) is 40.2 Å². The lowest BCUT2D eigenvalue weighted by molar-refractivity contribution is 0.257. The van der Waals surface area contributed by atoms with Crippen molar-refractivity contribution in [2.24, 2.45) is 0 Å². The Hall–Kier alpha value is -1.20. The van der Waals surface area contributed by atoms with Gasteiger partial charge in [-0.2, -0.15) is 0 Å². The first-order chi connectivity index (χ1) is 10.2. The third-order valence-electron chi connectivity index (χ3n) is 4.01. The van der Waals surface area contributed by atoms with Crippen LogP contribution in [0.25, 0.3) is 0 Å². The molecule has 1 aliphatic rings. The summed E-state index contributed by atoms with van der Waals surface area (Å²) in [6, 6.07) is 0. The van der Waals surface area contributed by atoms with Crippen LogP contribution in [-0.2, 0) is 6.54 Å². The Balaban J connectivity index is 1.91. The molecule has 2 rings (SSSR count). The Kier molecular flexibility index (Phi) is 6.39. The summed E-state index contributed by atoms with van der Waals surface area (Å²) in [4.78, 5) is 14.1. The SMILES string of the molecule is CCCNCc1cnc(N2CCN(CCC)CC2)nc1C. The number of hydrogen-bond donors (Lipinski definition) is 1. The average molecular weight is 291 g/mol. The lowest BCUT2D eigenvalue weighted by atomic mass is 10.2. The van der Waals surface area contributed by atoms with Gasteiger partial charge in [0.05, 0.1) is 0 Å². The highest BCUT2D eigenvalue weighted by molar-refractivity contribution is 5.33. The minimum Gasteiger partial charge on any atom is -0.338 e. The molecule has 1 N–H and O–H groups in total. The fraction of sp³-hybridized carbons (Fsp3) is 0.750. The quantitative estimate of drug-likeness (QED) is 0.776. The van der Waals surface area contributed by atoms with Crippen LogP contribution in [0.15, 0.2) is 6.20 Å².